The number of aromatic nitrogens is 2. The summed E-state index contributed by atoms with van der Waals surface area (Å²) >= 11 is 1.32. The van der Waals surface area contributed by atoms with Gasteiger partial charge in [-0.05, 0) is 35.8 Å². The molecule has 0 spiro atoms. The summed E-state index contributed by atoms with van der Waals surface area (Å²) in [7, 11) is -3.97. The molecule has 60 heavy (non-hydrogen) atoms. The van der Waals surface area contributed by atoms with Crippen LogP contribution >= 0.6 is 11.8 Å². The van der Waals surface area contributed by atoms with Gasteiger partial charge in [0.2, 0.25) is 11.9 Å². The predicted octanol–water partition coefficient (Wildman–Crippen LogP) is 10.8. The Morgan fingerprint density at radius 2 is 1.15 bits per heavy atom. The topological polar surface area (TPSA) is 131 Å². The maximum Gasteiger partial charge on any atom is 0.306 e. The lowest BCUT2D eigenvalue weighted by atomic mass is 10.0. The van der Waals surface area contributed by atoms with Gasteiger partial charge in [-0.2, -0.15) is 8.78 Å². The fourth-order valence-corrected chi connectivity index (χ4v) is 7.70. The Bertz CT molecular complexity index is 1960. The van der Waals surface area contributed by atoms with Crippen LogP contribution in [0.5, 0.6) is 11.5 Å². The lowest BCUT2D eigenvalue weighted by Crippen LogP contribution is -2.18. The van der Waals surface area contributed by atoms with Crippen LogP contribution in [0.3, 0.4) is 0 Å². The minimum absolute atomic E-state index is 0.0548. The Morgan fingerprint density at radius 1 is 0.667 bits per heavy atom. The molecule has 14 heteroatoms. The number of nitrogens with zero attached hydrogens (tertiary/aromatic N) is 2. The van der Waals surface area contributed by atoms with Crippen molar-refractivity contribution in [2.24, 2.45) is 11.8 Å². The van der Waals surface area contributed by atoms with E-state index >= 15 is 0 Å². The SMILES string of the molecule is CCCCC(CC)COC(=O)CCS(=O)(=O)c1cc(OCc2ccccc2)cc(F)n1.CCCCC(CC)COC(=O)CCSc1cc(OCc2ccccc2)cc(F)n1. The number of esters is 2. The highest BCUT2D eigenvalue weighted by atomic mass is 32.2. The molecule has 0 aliphatic heterocycles. The van der Waals surface area contributed by atoms with Gasteiger partial charge in [0.05, 0.1) is 31.8 Å². The van der Waals surface area contributed by atoms with E-state index in [1.165, 1.54) is 23.9 Å². The van der Waals surface area contributed by atoms with Crippen LogP contribution < -0.4 is 9.47 Å². The van der Waals surface area contributed by atoms with Crippen molar-refractivity contribution in [3.05, 3.63) is 108 Å². The molecule has 4 aromatic rings. The summed E-state index contributed by atoms with van der Waals surface area (Å²) in [6, 6.07) is 24.1. The van der Waals surface area contributed by atoms with Gasteiger partial charge in [0.25, 0.3) is 0 Å². The van der Waals surface area contributed by atoms with Crippen molar-refractivity contribution in [1.29, 1.82) is 0 Å². The lowest BCUT2D eigenvalue weighted by Gasteiger charge is -2.14. The Morgan fingerprint density at radius 3 is 1.65 bits per heavy atom. The van der Waals surface area contributed by atoms with Crippen LogP contribution in [0, 0.1) is 23.7 Å². The second-order valence-electron chi connectivity index (χ2n) is 14.3. The van der Waals surface area contributed by atoms with Crippen molar-refractivity contribution in [3.63, 3.8) is 0 Å². The van der Waals surface area contributed by atoms with E-state index in [0.29, 0.717) is 35.7 Å². The van der Waals surface area contributed by atoms with Crippen LogP contribution in [0.25, 0.3) is 0 Å². The van der Waals surface area contributed by atoms with Crippen molar-refractivity contribution in [3.8, 4) is 11.5 Å². The zero-order valence-electron chi connectivity index (χ0n) is 35.3. The molecular formula is C46H60F2N2O8S2. The third-order valence-corrected chi connectivity index (χ3v) is 12.0. The first-order chi connectivity index (χ1) is 28.9. The third-order valence-electron chi connectivity index (χ3n) is 9.48. The lowest BCUT2D eigenvalue weighted by molar-refractivity contribution is -0.145. The molecule has 0 radical (unpaired) electrons. The molecule has 0 amide bonds. The summed E-state index contributed by atoms with van der Waals surface area (Å²) in [4.78, 5) is 31.3. The van der Waals surface area contributed by atoms with E-state index in [-0.39, 0.29) is 43.7 Å². The fraction of sp³-hybridized carbons (Fsp3) is 0.478. The number of hydrogen-bond acceptors (Lipinski definition) is 11. The summed E-state index contributed by atoms with van der Waals surface area (Å²) in [5.41, 5.74) is 1.86. The second-order valence-corrected chi connectivity index (χ2v) is 17.5. The van der Waals surface area contributed by atoms with Gasteiger partial charge in [0.15, 0.2) is 14.9 Å². The van der Waals surface area contributed by atoms with Gasteiger partial charge in [0, 0.05) is 30.0 Å². The van der Waals surface area contributed by atoms with Crippen LogP contribution in [0.4, 0.5) is 8.78 Å². The van der Waals surface area contributed by atoms with E-state index in [4.69, 9.17) is 18.9 Å². The zero-order chi connectivity index (χ0) is 43.6. The summed E-state index contributed by atoms with van der Waals surface area (Å²) in [6.07, 6.45) is 8.37. The quantitative estimate of drug-likeness (QED) is 0.0339. The molecule has 0 N–H and O–H groups in total. The van der Waals surface area contributed by atoms with Gasteiger partial charge in [-0.25, -0.2) is 18.4 Å². The van der Waals surface area contributed by atoms with Crippen molar-refractivity contribution >= 4 is 33.5 Å². The number of thioether (sulfide) groups is 1. The number of carbonyl (C=O) groups excluding carboxylic acids is 2. The van der Waals surface area contributed by atoms with Gasteiger partial charge in [-0.3, -0.25) is 9.59 Å². The van der Waals surface area contributed by atoms with Crippen molar-refractivity contribution in [2.45, 2.75) is 115 Å². The maximum absolute atomic E-state index is 13.9. The smallest absolute Gasteiger partial charge is 0.306 e. The summed E-state index contributed by atoms with van der Waals surface area (Å²) in [6.45, 7) is 9.70. The Labute approximate surface area is 359 Å². The van der Waals surface area contributed by atoms with Gasteiger partial charge < -0.3 is 18.9 Å². The highest BCUT2D eigenvalue weighted by Gasteiger charge is 2.22. The Balaban J connectivity index is 0.000000321. The molecule has 10 nitrogen and oxygen atoms in total. The number of carbonyl (C=O) groups is 2. The van der Waals surface area contributed by atoms with Crippen LogP contribution in [-0.2, 0) is 42.1 Å². The normalized spacial score (nSPS) is 12.1. The zero-order valence-corrected chi connectivity index (χ0v) is 36.9. The summed E-state index contributed by atoms with van der Waals surface area (Å²) in [5.74, 6) is -1.20. The van der Waals surface area contributed by atoms with Crippen LogP contribution in [0.2, 0.25) is 0 Å². The van der Waals surface area contributed by atoms with E-state index in [0.717, 1.165) is 68.6 Å². The number of hydrogen-bond donors (Lipinski definition) is 0. The minimum Gasteiger partial charge on any atom is -0.489 e. The van der Waals surface area contributed by atoms with E-state index in [2.05, 4.69) is 30.7 Å². The van der Waals surface area contributed by atoms with Crippen LogP contribution in [0.1, 0.15) is 103 Å². The molecule has 0 aliphatic rings. The predicted molar refractivity (Wildman–Crippen MR) is 230 cm³/mol. The molecule has 0 aliphatic carbocycles. The molecule has 2 heterocycles. The summed E-state index contributed by atoms with van der Waals surface area (Å²) < 4.78 is 74.6. The largest absolute Gasteiger partial charge is 0.489 e. The molecule has 0 bridgehead atoms. The van der Waals surface area contributed by atoms with Crippen molar-refractivity contribution in [1.82, 2.24) is 9.97 Å². The summed E-state index contributed by atoms with van der Waals surface area (Å²) in [5, 5.41) is 0.0352. The molecule has 2 atom stereocenters. The molecule has 4 rings (SSSR count). The molecular weight excluding hydrogens is 811 g/mol. The molecule has 0 saturated heterocycles. The average Bonchev–Trinajstić information content (AvgIpc) is 3.25. The third kappa shape index (κ3) is 20.1. The van der Waals surface area contributed by atoms with E-state index in [1.54, 1.807) is 6.07 Å². The van der Waals surface area contributed by atoms with Gasteiger partial charge in [0.1, 0.15) is 29.7 Å². The Hall–Kier alpha value is -4.56. The number of halogens is 2. The molecule has 2 aromatic heterocycles. The molecule has 0 fully saturated rings. The molecule has 2 aromatic carbocycles. The number of benzene rings is 2. The monoisotopic (exact) mass is 870 g/mol. The number of ether oxygens (including phenoxy) is 4. The van der Waals surface area contributed by atoms with Gasteiger partial charge in [-0.15, -0.1) is 11.8 Å². The number of sulfone groups is 1. The maximum atomic E-state index is 13.9. The van der Waals surface area contributed by atoms with Crippen molar-refractivity contribution in [2.75, 3.05) is 24.7 Å². The molecule has 328 valence electrons. The number of rotatable bonds is 26. The first-order valence-corrected chi connectivity index (χ1v) is 23.4. The van der Waals surface area contributed by atoms with Crippen LogP contribution in [0.15, 0.2) is 95.0 Å². The van der Waals surface area contributed by atoms with Gasteiger partial charge in [-0.1, -0.05) is 127 Å². The highest BCUT2D eigenvalue weighted by molar-refractivity contribution is 7.99. The van der Waals surface area contributed by atoms with E-state index < -0.39 is 38.5 Å². The first-order valence-electron chi connectivity index (χ1n) is 20.8. The van der Waals surface area contributed by atoms with Gasteiger partial charge >= 0.3 is 11.9 Å². The second kappa shape index (κ2) is 28.1. The fourth-order valence-electron chi connectivity index (χ4n) is 5.71. The minimum atomic E-state index is -3.97. The number of unbranched alkanes of at least 4 members (excludes halogenated alkanes) is 2. The Kier molecular flexibility index (Phi) is 23.3. The average molecular weight is 871 g/mol. The number of pyridine rings is 2. The molecule has 2 unspecified atom stereocenters. The van der Waals surface area contributed by atoms with Crippen LogP contribution in [-0.4, -0.2) is 55.0 Å². The van der Waals surface area contributed by atoms with E-state index in [1.807, 2.05) is 67.6 Å². The van der Waals surface area contributed by atoms with E-state index in [9.17, 15) is 26.8 Å². The first kappa shape index (κ1) is 49.8. The molecule has 0 saturated carbocycles. The van der Waals surface area contributed by atoms with Crippen molar-refractivity contribution < 1.29 is 45.7 Å². The highest BCUT2D eigenvalue weighted by Crippen LogP contribution is 2.24. The standard InChI is InChI=1S/C23H30FNO5S.C23H30FNO3S/c1-3-5-9-18(4-2)16-30-23(26)12-13-31(27,28)22-15-20(14-21(24)25-22)29-17-19-10-7-6-8-11-19;1-3-5-9-18(4-2)16-28-23(26)12-13-29-22-15-20(14-21(24)25-22)27-17-19-10-7-6-8-11-19/h6-8,10-11,14-15,18H,3-5,9,12-13,16-17H2,1-2H3;6-8,10-11,14-15,18H,3-5,9,12-13,16-17H2,1-2H3.